The Bertz CT molecular complexity index is 902. The fourth-order valence-electron chi connectivity index (χ4n) is 2.76. The van der Waals surface area contributed by atoms with E-state index in [0.29, 0.717) is 34.2 Å². The maximum absolute atomic E-state index is 12.1. The van der Waals surface area contributed by atoms with Crippen LogP contribution in [0.4, 0.5) is 0 Å². The topological polar surface area (TPSA) is 70.0 Å². The zero-order chi connectivity index (χ0) is 22.0. The summed E-state index contributed by atoms with van der Waals surface area (Å²) in [7, 11) is 2.84. The number of esters is 1. The fraction of sp³-hybridized carbons (Fsp3) is 0.348. The summed E-state index contributed by atoms with van der Waals surface area (Å²) in [4.78, 5) is 21.5. The van der Waals surface area contributed by atoms with Gasteiger partial charge in [-0.15, -0.1) is 0 Å². The summed E-state index contributed by atoms with van der Waals surface area (Å²) < 4.78 is 11.0. The van der Waals surface area contributed by atoms with Crippen LogP contribution in [0.5, 0.6) is 11.6 Å². The van der Waals surface area contributed by atoms with Crippen molar-refractivity contribution in [2.24, 2.45) is 5.16 Å². The van der Waals surface area contributed by atoms with Crippen molar-refractivity contribution in [2.75, 3.05) is 14.2 Å². The number of hydrogen-bond acceptors (Lipinski definition) is 6. The Morgan fingerprint density at radius 1 is 1.10 bits per heavy atom. The van der Waals surface area contributed by atoms with Crippen molar-refractivity contribution < 1.29 is 19.1 Å². The third kappa shape index (κ3) is 5.91. The van der Waals surface area contributed by atoms with Crippen LogP contribution in [0.1, 0.15) is 50.1 Å². The van der Waals surface area contributed by atoms with Gasteiger partial charge in [0.05, 0.1) is 18.4 Å². The van der Waals surface area contributed by atoms with E-state index in [1.807, 2.05) is 58.9 Å². The lowest BCUT2D eigenvalue weighted by molar-refractivity contribution is -0.133. The van der Waals surface area contributed by atoms with E-state index in [2.05, 4.69) is 10.1 Å². The largest absolute Gasteiger partial charge is 0.465 e. The minimum Gasteiger partial charge on any atom is -0.465 e. The number of methoxy groups -OCH3 is 1. The lowest BCUT2D eigenvalue weighted by atomic mass is 10.0. The van der Waals surface area contributed by atoms with Crippen LogP contribution in [-0.4, -0.2) is 30.9 Å². The molecule has 0 fully saturated rings. The van der Waals surface area contributed by atoms with Gasteiger partial charge in [0.2, 0.25) is 5.88 Å². The van der Waals surface area contributed by atoms with E-state index < -0.39 is 5.97 Å². The molecular formula is C23H30N2O4. The maximum Gasteiger partial charge on any atom is 0.338 e. The van der Waals surface area contributed by atoms with Gasteiger partial charge in [0, 0.05) is 11.1 Å². The van der Waals surface area contributed by atoms with E-state index >= 15 is 0 Å². The normalized spacial score (nSPS) is 11.3. The molecule has 0 radical (unpaired) electrons. The molecule has 0 amide bonds. The molecule has 156 valence electrons. The second kappa shape index (κ2) is 11.6. The summed E-state index contributed by atoms with van der Waals surface area (Å²) in [6.07, 6.45) is 1.70. The highest BCUT2D eigenvalue weighted by Crippen LogP contribution is 2.32. The first-order valence-corrected chi connectivity index (χ1v) is 9.51. The van der Waals surface area contributed by atoms with Crippen LogP contribution in [0.2, 0.25) is 0 Å². The molecule has 1 heterocycles. The highest BCUT2D eigenvalue weighted by atomic mass is 16.6. The van der Waals surface area contributed by atoms with Crippen LogP contribution in [0.3, 0.4) is 0 Å². The summed E-state index contributed by atoms with van der Waals surface area (Å²) in [5.41, 5.74) is 4.24. The number of aryl methyl sites for hydroxylation is 2. The predicted molar refractivity (Wildman–Crippen MR) is 116 cm³/mol. The van der Waals surface area contributed by atoms with E-state index in [0.717, 1.165) is 11.1 Å². The molecule has 0 saturated carbocycles. The number of aromatic nitrogens is 1. The van der Waals surface area contributed by atoms with Crippen LogP contribution in [-0.2, 0) is 14.4 Å². The summed E-state index contributed by atoms with van der Waals surface area (Å²) in [5, 5.41) is 3.96. The van der Waals surface area contributed by atoms with Gasteiger partial charge >= 0.3 is 5.97 Å². The maximum atomic E-state index is 12.1. The molecule has 29 heavy (non-hydrogen) atoms. The van der Waals surface area contributed by atoms with Crippen molar-refractivity contribution in [1.82, 2.24) is 4.98 Å². The van der Waals surface area contributed by atoms with E-state index in [1.165, 1.54) is 14.2 Å². The van der Waals surface area contributed by atoms with Crippen LogP contribution >= 0.6 is 0 Å². The van der Waals surface area contributed by atoms with E-state index in [-0.39, 0.29) is 0 Å². The minimum atomic E-state index is -0.425. The Kier molecular flexibility index (Phi) is 9.59. The molecule has 6 nitrogen and oxygen atoms in total. The number of nitrogens with zero attached hydrogens (tertiary/aromatic N) is 2. The average molecular weight is 399 g/mol. The number of carbonyl (C=O) groups excluding carboxylic acids is 1. The van der Waals surface area contributed by atoms with E-state index in [1.54, 1.807) is 19.1 Å². The first-order chi connectivity index (χ1) is 13.9. The van der Waals surface area contributed by atoms with Gasteiger partial charge in [-0.05, 0) is 45.4 Å². The second-order valence-electron chi connectivity index (χ2n) is 5.93. The summed E-state index contributed by atoms with van der Waals surface area (Å²) in [6.45, 7) is 11.5. The molecular weight excluding hydrogens is 368 g/mol. The lowest BCUT2D eigenvalue weighted by Crippen LogP contribution is -2.07. The van der Waals surface area contributed by atoms with Crippen molar-refractivity contribution in [2.45, 2.75) is 41.5 Å². The smallest absolute Gasteiger partial charge is 0.338 e. The van der Waals surface area contributed by atoms with E-state index in [4.69, 9.17) is 14.3 Å². The third-order valence-corrected chi connectivity index (χ3v) is 4.01. The van der Waals surface area contributed by atoms with Gasteiger partial charge in [0.1, 0.15) is 18.6 Å². The first kappa shape index (κ1) is 23.9. The molecule has 1 aromatic heterocycles. The highest BCUT2D eigenvalue weighted by molar-refractivity contribution is 6.17. The number of ether oxygens (including phenoxy) is 2. The number of allylic oxidation sites excluding steroid dienone is 1. The Morgan fingerprint density at radius 2 is 1.76 bits per heavy atom. The van der Waals surface area contributed by atoms with Gasteiger partial charge in [0.15, 0.2) is 0 Å². The second-order valence-corrected chi connectivity index (χ2v) is 5.93. The van der Waals surface area contributed by atoms with Crippen molar-refractivity contribution in [3.05, 3.63) is 58.8 Å². The third-order valence-electron chi connectivity index (χ3n) is 4.01. The molecule has 1 aromatic carbocycles. The Balaban J connectivity index is 0.00000204. The van der Waals surface area contributed by atoms with Crippen molar-refractivity contribution in [3.8, 4) is 11.6 Å². The average Bonchev–Trinajstić information content (AvgIpc) is 2.73. The zero-order valence-electron chi connectivity index (χ0n) is 18.5. The number of carbonyl (C=O) groups is 1. The lowest BCUT2D eigenvalue weighted by Gasteiger charge is -2.15. The molecule has 2 rings (SSSR count). The number of hydrogen-bond donors (Lipinski definition) is 0. The molecule has 0 aliphatic heterocycles. The van der Waals surface area contributed by atoms with E-state index in [9.17, 15) is 4.79 Å². The standard InChI is InChI=1S/C21H24N2O4.C2H6/c1-7-16(21(24)25-5)17-10-8-9-11-18(17)27-20-14(3)12-13(2)19(22-20)15(4)23-26-6;1-2/h7-12H,1-6H3;1-2H3/b16-7-,23-15-;. The summed E-state index contributed by atoms with van der Waals surface area (Å²) in [5.74, 6) is 0.530. The monoisotopic (exact) mass is 398 g/mol. The molecule has 0 bridgehead atoms. The molecule has 0 aliphatic carbocycles. The zero-order valence-corrected chi connectivity index (χ0v) is 18.5. The quantitative estimate of drug-likeness (QED) is 0.279. The molecule has 0 N–H and O–H groups in total. The van der Waals surface area contributed by atoms with Crippen LogP contribution in [0.25, 0.3) is 5.57 Å². The van der Waals surface area contributed by atoms with Crippen LogP contribution < -0.4 is 4.74 Å². The van der Waals surface area contributed by atoms with Crippen molar-refractivity contribution >= 4 is 17.3 Å². The van der Waals surface area contributed by atoms with Gasteiger partial charge in [-0.3, -0.25) is 0 Å². The molecule has 2 aromatic rings. The van der Waals surface area contributed by atoms with Crippen molar-refractivity contribution in [3.63, 3.8) is 0 Å². The molecule has 0 aliphatic rings. The molecule has 6 heteroatoms. The number of benzene rings is 1. The van der Waals surface area contributed by atoms with Gasteiger partial charge in [-0.25, -0.2) is 9.78 Å². The fourth-order valence-corrected chi connectivity index (χ4v) is 2.76. The molecule has 0 atom stereocenters. The SMILES string of the molecule is C/C=C(\C(=O)OC)c1ccccc1Oc1nc(/C(C)=N\OC)c(C)cc1C.CC. The Labute approximate surface area is 173 Å². The number of rotatable bonds is 6. The van der Waals surface area contributed by atoms with Gasteiger partial charge in [-0.2, -0.15) is 0 Å². The molecule has 0 spiro atoms. The van der Waals surface area contributed by atoms with Crippen LogP contribution in [0, 0.1) is 13.8 Å². The number of para-hydroxylation sites is 1. The van der Waals surface area contributed by atoms with Crippen LogP contribution in [0.15, 0.2) is 41.6 Å². The number of pyridine rings is 1. The predicted octanol–water partition coefficient (Wildman–Crippen LogP) is 5.46. The van der Waals surface area contributed by atoms with Gasteiger partial charge in [0.25, 0.3) is 0 Å². The Hall–Kier alpha value is -3.15. The summed E-state index contributed by atoms with van der Waals surface area (Å²) in [6, 6.07) is 9.25. The minimum absolute atomic E-state index is 0.425. The molecule has 0 saturated heterocycles. The highest BCUT2D eigenvalue weighted by Gasteiger charge is 2.18. The first-order valence-electron chi connectivity index (χ1n) is 9.51. The Morgan fingerprint density at radius 3 is 2.34 bits per heavy atom. The van der Waals surface area contributed by atoms with Gasteiger partial charge < -0.3 is 14.3 Å². The number of oxime groups is 1. The van der Waals surface area contributed by atoms with Crippen molar-refractivity contribution in [1.29, 1.82) is 0 Å². The molecule has 0 unspecified atom stereocenters. The summed E-state index contributed by atoms with van der Waals surface area (Å²) >= 11 is 0. The van der Waals surface area contributed by atoms with Gasteiger partial charge in [-0.1, -0.05) is 43.3 Å².